The molecule has 1 saturated heterocycles. The van der Waals surface area contributed by atoms with Gasteiger partial charge in [0.15, 0.2) is 0 Å². The molecule has 0 amide bonds. The van der Waals surface area contributed by atoms with Crippen LogP contribution in [0, 0.1) is 0 Å². The number of nitrogen functional groups attached to an aromatic ring is 1. The Morgan fingerprint density at radius 1 is 1.27 bits per heavy atom. The summed E-state index contributed by atoms with van der Waals surface area (Å²) in [6, 6.07) is 1.66. The molecule has 0 atom stereocenters. The van der Waals surface area contributed by atoms with E-state index in [0.29, 0.717) is 15.9 Å². The molecule has 0 spiro atoms. The first-order valence-electron chi connectivity index (χ1n) is 4.62. The highest BCUT2D eigenvalue weighted by atomic mass is 35.5. The van der Waals surface area contributed by atoms with Crippen LogP contribution >= 0.6 is 35.0 Å². The first-order chi connectivity index (χ1) is 7.18. The lowest BCUT2D eigenvalue weighted by Crippen LogP contribution is -2.33. The summed E-state index contributed by atoms with van der Waals surface area (Å²) < 4.78 is 0. The molecule has 1 aliphatic rings. The van der Waals surface area contributed by atoms with Crippen molar-refractivity contribution in [2.45, 2.75) is 0 Å². The highest BCUT2D eigenvalue weighted by molar-refractivity contribution is 7.99. The van der Waals surface area contributed by atoms with E-state index in [-0.39, 0.29) is 0 Å². The van der Waals surface area contributed by atoms with Gasteiger partial charge in [0.2, 0.25) is 0 Å². The second-order valence-electron chi connectivity index (χ2n) is 3.26. The van der Waals surface area contributed by atoms with Crippen molar-refractivity contribution < 1.29 is 0 Å². The molecule has 2 heterocycles. The molecule has 15 heavy (non-hydrogen) atoms. The van der Waals surface area contributed by atoms with Crippen molar-refractivity contribution in [2.75, 3.05) is 35.2 Å². The summed E-state index contributed by atoms with van der Waals surface area (Å²) in [5.74, 6) is 3.29. The molecule has 0 saturated carbocycles. The van der Waals surface area contributed by atoms with E-state index in [1.54, 1.807) is 6.07 Å². The maximum atomic E-state index is 6.08. The lowest BCUT2D eigenvalue weighted by Gasteiger charge is -2.28. The minimum absolute atomic E-state index is 0.342. The second-order valence-corrected chi connectivity index (χ2v) is 5.30. The van der Waals surface area contributed by atoms with Gasteiger partial charge in [0.25, 0.3) is 0 Å². The Morgan fingerprint density at radius 2 is 1.93 bits per heavy atom. The molecule has 82 valence electrons. The van der Waals surface area contributed by atoms with E-state index in [4.69, 9.17) is 28.9 Å². The third-order valence-corrected chi connectivity index (χ3v) is 3.77. The Labute approximate surface area is 103 Å². The molecular weight excluding hydrogens is 253 g/mol. The standard InChI is InChI=1S/C9H11Cl2N3S/c10-6-5-7(11)9(13-8(6)12)14-1-3-15-4-2-14/h5H,1-4H2,(H2,12,13). The van der Waals surface area contributed by atoms with Crippen molar-refractivity contribution in [3.63, 3.8) is 0 Å². The molecule has 0 bridgehead atoms. The molecule has 1 aromatic heterocycles. The van der Waals surface area contributed by atoms with Crippen LogP contribution in [0.15, 0.2) is 6.07 Å². The zero-order valence-corrected chi connectivity index (χ0v) is 10.4. The molecule has 0 radical (unpaired) electrons. The minimum Gasteiger partial charge on any atom is -0.382 e. The maximum absolute atomic E-state index is 6.08. The largest absolute Gasteiger partial charge is 0.382 e. The van der Waals surface area contributed by atoms with Crippen LogP contribution < -0.4 is 10.6 Å². The fourth-order valence-electron chi connectivity index (χ4n) is 1.47. The van der Waals surface area contributed by atoms with Crippen molar-refractivity contribution in [2.24, 2.45) is 0 Å². The summed E-state index contributed by atoms with van der Waals surface area (Å²) in [6.45, 7) is 1.91. The van der Waals surface area contributed by atoms with Gasteiger partial charge < -0.3 is 10.6 Å². The van der Waals surface area contributed by atoms with Gasteiger partial charge in [-0.05, 0) is 6.07 Å². The van der Waals surface area contributed by atoms with E-state index >= 15 is 0 Å². The Morgan fingerprint density at radius 3 is 2.60 bits per heavy atom. The van der Waals surface area contributed by atoms with Crippen molar-refractivity contribution in [3.8, 4) is 0 Å². The smallest absolute Gasteiger partial charge is 0.149 e. The zero-order chi connectivity index (χ0) is 10.8. The zero-order valence-electron chi connectivity index (χ0n) is 8.04. The van der Waals surface area contributed by atoms with Crippen molar-refractivity contribution in [1.82, 2.24) is 4.98 Å². The quantitative estimate of drug-likeness (QED) is 0.846. The number of aromatic nitrogens is 1. The summed E-state index contributed by atoms with van der Waals surface area (Å²) in [5.41, 5.74) is 5.66. The molecule has 1 fully saturated rings. The van der Waals surface area contributed by atoms with Crippen LogP contribution in [-0.2, 0) is 0 Å². The molecule has 2 N–H and O–H groups in total. The van der Waals surface area contributed by atoms with E-state index in [1.807, 2.05) is 11.8 Å². The first kappa shape index (κ1) is 11.2. The topological polar surface area (TPSA) is 42.1 Å². The van der Waals surface area contributed by atoms with Crippen LogP contribution in [0.1, 0.15) is 0 Å². The van der Waals surface area contributed by atoms with Gasteiger partial charge in [-0.25, -0.2) is 4.98 Å². The predicted molar refractivity (Wildman–Crippen MR) is 68.2 cm³/mol. The van der Waals surface area contributed by atoms with E-state index in [1.165, 1.54) is 0 Å². The van der Waals surface area contributed by atoms with Crippen LogP contribution in [0.4, 0.5) is 11.6 Å². The highest BCUT2D eigenvalue weighted by Crippen LogP contribution is 2.31. The lowest BCUT2D eigenvalue weighted by molar-refractivity contribution is 0.841. The van der Waals surface area contributed by atoms with Gasteiger partial charge in [0.05, 0.1) is 10.0 Å². The van der Waals surface area contributed by atoms with Gasteiger partial charge in [-0.3, -0.25) is 0 Å². The van der Waals surface area contributed by atoms with Gasteiger partial charge >= 0.3 is 0 Å². The number of anilines is 2. The van der Waals surface area contributed by atoms with E-state index in [9.17, 15) is 0 Å². The third kappa shape index (κ3) is 2.44. The molecule has 0 aliphatic carbocycles. The minimum atomic E-state index is 0.342. The molecule has 6 heteroatoms. The van der Waals surface area contributed by atoms with Gasteiger partial charge in [-0.2, -0.15) is 11.8 Å². The first-order valence-corrected chi connectivity index (χ1v) is 6.54. The fourth-order valence-corrected chi connectivity index (χ4v) is 2.85. The summed E-state index contributed by atoms with van der Waals surface area (Å²) in [6.07, 6.45) is 0. The molecule has 1 aromatic rings. The van der Waals surface area contributed by atoms with Crippen LogP contribution in [-0.4, -0.2) is 29.6 Å². The number of pyridine rings is 1. The van der Waals surface area contributed by atoms with E-state index < -0.39 is 0 Å². The van der Waals surface area contributed by atoms with Gasteiger partial charge in [-0.1, -0.05) is 23.2 Å². The van der Waals surface area contributed by atoms with Crippen LogP contribution in [0.2, 0.25) is 10.0 Å². The molecule has 0 unspecified atom stereocenters. The summed E-state index contributed by atoms with van der Waals surface area (Å²) in [7, 11) is 0. The fraction of sp³-hybridized carbons (Fsp3) is 0.444. The highest BCUT2D eigenvalue weighted by Gasteiger charge is 2.16. The average Bonchev–Trinajstić information content (AvgIpc) is 2.25. The van der Waals surface area contributed by atoms with Gasteiger partial charge in [0.1, 0.15) is 11.6 Å². The Kier molecular flexibility index (Phi) is 3.49. The number of halogens is 2. The summed E-state index contributed by atoms with van der Waals surface area (Å²) in [4.78, 5) is 6.37. The van der Waals surface area contributed by atoms with Gasteiger partial charge in [0, 0.05) is 24.6 Å². The van der Waals surface area contributed by atoms with E-state index in [2.05, 4.69) is 9.88 Å². The van der Waals surface area contributed by atoms with Crippen LogP contribution in [0.3, 0.4) is 0 Å². The van der Waals surface area contributed by atoms with E-state index in [0.717, 1.165) is 30.4 Å². The number of hydrogen-bond acceptors (Lipinski definition) is 4. The molecule has 1 aliphatic heterocycles. The van der Waals surface area contributed by atoms with Crippen molar-refractivity contribution in [3.05, 3.63) is 16.1 Å². The van der Waals surface area contributed by atoms with Crippen LogP contribution in [0.5, 0.6) is 0 Å². The number of thioether (sulfide) groups is 1. The van der Waals surface area contributed by atoms with Crippen LogP contribution in [0.25, 0.3) is 0 Å². The average molecular weight is 264 g/mol. The summed E-state index contributed by atoms with van der Waals surface area (Å²) >= 11 is 13.9. The number of nitrogens with two attached hydrogens (primary N) is 1. The Balaban J connectivity index is 2.30. The number of rotatable bonds is 1. The maximum Gasteiger partial charge on any atom is 0.149 e. The third-order valence-electron chi connectivity index (χ3n) is 2.25. The predicted octanol–water partition coefficient (Wildman–Crippen LogP) is 2.52. The molecule has 3 nitrogen and oxygen atoms in total. The Bertz CT molecular complexity index is 367. The molecular formula is C9H11Cl2N3S. The number of hydrogen-bond donors (Lipinski definition) is 1. The monoisotopic (exact) mass is 263 g/mol. The molecule has 0 aromatic carbocycles. The SMILES string of the molecule is Nc1nc(N2CCSCC2)c(Cl)cc1Cl. The Hall–Kier alpha value is -0.320. The second kappa shape index (κ2) is 4.68. The summed E-state index contributed by atoms with van der Waals surface area (Å²) in [5, 5.41) is 0.983. The number of nitrogens with zero attached hydrogens (tertiary/aromatic N) is 2. The molecule has 2 rings (SSSR count). The van der Waals surface area contributed by atoms with Gasteiger partial charge in [-0.15, -0.1) is 0 Å². The van der Waals surface area contributed by atoms with Crippen molar-refractivity contribution in [1.29, 1.82) is 0 Å². The van der Waals surface area contributed by atoms with Crippen molar-refractivity contribution >= 4 is 46.6 Å². The lowest BCUT2D eigenvalue weighted by atomic mass is 10.4. The normalized spacial score (nSPS) is 16.8.